The number of nitrogens with one attached hydrogen (secondary N) is 1. The molecule has 184 valence electrons. The Kier molecular flexibility index (Phi) is 7.33. The highest BCUT2D eigenvalue weighted by atomic mass is 32.2. The summed E-state index contributed by atoms with van der Waals surface area (Å²) >= 11 is 0.463. The van der Waals surface area contributed by atoms with Gasteiger partial charge in [0, 0.05) is 24.7 Å². The Balaban J connectivity index is 1.86. The minimum atomic E-state index is -4.92. The predicted molar refractivity (Wildman–Crippen MR) is 113 cm³/mol. The van der Waals surface area contributed by atoms with E-state index in [4.69, 9.17) is 0 Å². The van der Waals surface area contributed by atoms with E-state index in [1.807, 2.05) is 0 Å². The summed E-state index contributed by atoms with van der Waals surface area (Å²) in [5.41, 5.74) is -1.77. The molecule has 2 aromatic heterocycles. The third-order valence-corrected chi connectivity index (χ3v) is 7.62. The van der Waals surface area contributed by atoms with Gasteiger partial charge in [-0.15, -0.1) is 11.3 Å². The van der Waals surface area contributed by atoms with Crippen molar-refractivity contribution in [2.45, 2.75) is 31.7 Å². The zero-order chi connectivity index (χ0) is 24.6. The number of hydrogen-bond acceptors (Lipinski definition) is 9. The van der Waals surface area contributed by atoms with Crippen LogP contribution in [0.2, 0.25) is 0 Å². The lowest BCUT2D eigenvalue weighted by Crippen LogP contribution is -2.41. The van der Waals surface area contributed by atoms with Gasteiger partial charge in [0.05, 0.1) is 23.6 Å². The van der Waals surface area contributed by atoms with Crippen molar-refractivity contribution in [3.63, 3.8) is 0 Å². The maximum absolute atomic E-state index is 14.5. The first kappa shape index (κ1) is 25.7. The fourth-order valence-corrected chi connectivity index (χ4v) is 5.48. The lowest BCUT2D eigenvalue weighted by Gasteiger charge is -2.31. The molecule has 0 amide bonds. The molecule has 0 saturated carbocycles. The summed E-state index contributed by atoms with van der Waals surface area (Å²) < 4.78 is 106. The minimum absolute atomic E-state index is 0.111. The van der Waals surface area contributed by atoms with Crippen molar-refractivity contribution >= 4 is 37.3 Å². The third-order valence-electron chi connectivity index (χ3n) is 4.71. The van der Waals surface area contributed by atoms with Crippen LogP contribution in [0.5, 0.6) is 0 Å². The molecule has 1 fully saturated rings. The van der Waals surface area contributed by atoms with Crippen LogP contribution in [0.4, 0.5) is 23.4 Å². The van der Waals surface area contributed by atoms with E-state index in [-0.39, 0.29) is 30.0 Å². The van der Waals surface area contributed by atoms with Gasteiger partial charge in [-0.3, -0.25) is 4.18 Å². The molecule has 1 aliphatic rings. The van der Waals surface area contributed by atoms with Crippen LogP contribution in [0.1, 0.15) is 23.5 Å². The number of piperidine rings is 1. The van der Waals surface area contributed by atoms with Crippen LogP contribution in [0, 0.1) is 5.82 Å². The zero-order valence-corrected chi connectivity index (χ0v) is 19.8. The van der Waals surface area contributed by atoms with Crippen LogP contribution in [0.25, 0.3) is 10.4 Å². The van der Waals surface area contributed by atoms with Gasteiger partial charge in [-0.25, -0.2) is 27.1 Å². The number of pyridine rings is 1. The van der Waals surface area contributed by atoms with Crippen molar-refractivity contribution in [2.24, 2.45) is 0 Å². The summed E-state index contributed by atoms with van der Waals surface area (Å²) in [6, 6.07) is 0.901. The van der Waals surface area contributed by atoms with E-state index >= 15 is 0 Å². The highest BCUT2D eigenvalue weighted by Crippen LogP contribution is 2.42. The Morgan fingerprint density at radius 1 is 1.21 bits per heavy atom. The van der Waals surface area contributed by atoms with Crippen molar-refractivity contribution in [1.82, 2.24) is 14.3 Å². The number of sulfonamides is 1. The van der Waals surface area contributed by atoms with Crippen molar-refractivity contribution in [3.8, 4) is 10.4 Å². The Morgan fingerprint density at radius 2 is 1.85 bits per heavy atom. The molecular formula is C17H20F4N4O5S3. The largest absolute Gasteiger partial charge is 0.434 e. The molecule has 3 rings (SSSR count). The first-order chi connectivity index (χ1) is 15.1. The first-order valence-corrected chi connectivity index (χ1v) is 13.9. The Hall–Kier alpha value is -1.88. The molecule has 0 spiro atoms. The zero-order valence-electron chi connectivity index (χ0n) is 17.4. The number of rotatable bonds is 7. The molecule has 0 radical (unpaired) electrons. The summed E-state index contributed by atoms with van der Waals surface area (Å²) in [4.78, 5) is 6.75. The van der Waals surface area contributed by atoms with Gasteiger partial charge >= 0.3 is 6.18 Å². The van der Waals surface area contributed by atoms with E-state index in [1.165, 1.54) is 4.31 Å². The number of alkyl halides is 3. The lowest BCUT2D eigenvalue weighted by atomic mass is 10.1. The van der Waals surface area contributed by atoms with E-state index in [2.05, 4.69) is 19.5 Å². The van der Waals surface area contributed by atoms with Crippen molar-refractivity contribution in [3.05, 3.63) is 28.8 Å². The maximum atomic E-state index is 14.5. The molecule has 1 N–H and O–H groups in total. The van der Waals surface area contributed by atoms with Gasteiger partial charge in [0.15, 0.2) is 5.69 Å². The predicted octanol–water partition coefficient (Wildman–Crippen LogP) is 2.68. The van der Waals surface area contributed by atoms with Gasteiger partial charge < -0.3 is 5.32 Å². The fourth-order valence-electron chi connectivity index (χ4n) is 3.19. The highest BCUT2D eigenvalue weighted by Gasteiger charge is 2.39. The number of nitrogens with zero attached hydrogens (tertiary/aromatic N) is 3. The summed E-state index contributed by atoms with van der Waals surface area (Å²) in [6.07, 6.45) is -1.43. The van der Waals surface area contributed by atoms with Crippen LogP contribution >= 0.6 is 11.3 Å². The fraction of sp³-hybridized carbons (Fsp3) is 0.529. The van der Waals surface area contributed by atoms with E-state index in [0.29, 0.717) is 24.2 Å². The number of anilines is 1. The molecule has 0 aromatic carbocycles. The Labute approximate surface area is 192 Å². The quantitative estimate of drug-likeness (QED) is 0.427. The number of thiazole rings is 1. The Morgan fingerprint density at radius 3 is 2.39 bits per heavy atom. The second-order valence-corrected chi connectivity index (χ2v) is 12.1. The van der Waals surface area contributed by atoms with E-state index in [1.54, 1.807) is 0 Å². The number of aromatic nitrogens is 2. The summed E-state index contributed by atoms with van der Waals surface area (Å²) in [7, 11) is -7.24. The second-order valence-electron chi connectivity index (χ2n) is 7.38. The van der Waals surface area contributed by atoms with Crippen LogP contribution in [-0.2, 0) is 37.1 Å². The van der Waals surface area contributed by atoms with E-state index in [9.17, 15) is 34.4 Å². The molecule has 1 saturated heterocycles. The van der Waals surface area contributed by atoms with Crippen LogP contribution in [0.15, 0.2) is 12.3 Å². The molecule has 1 aliphatic heterocycles. The third kappa shape index (κ3) is 6.81. The van der Waals surface area contributed by atoms with Crippen LogP contribution < -0.4 is 5.32 Å². The molecule has 0 bridgehead atoms. The topological polar surface area (TPSA) is 119 Å². The Bertz CT molecular complexity index is 1220. The maximum Gasteiger partial charge on any atom is 0.434 e. The lowest BCUT2D eigenvalue weighted by molar-refractivity contribution is -0.140. The summed E-state index contributed by atoms with van der Waals surface area (Å²) in [5.74, 6) is -0.906. The monoisotopic (exact) mass is 532 g/mol. The van der Waals surface area contributed by atoms with Crippen LogP contribution in [0.3, 0.4) is 0 Å². The normalized spacial score (nSPS) is 16.8. The molecule has 16 heteroatoms. The smallest absolute Gasteiger partial charge is 0.367 e. The summed E-state index contributed by atoms with van der Waals surface area (Å²) in [6.45, 7) is -0.189. The van der Waals surface area contributed by atoms with Crippen LogP contribution in [-0.4, -0.2) is 62.8 Å². The van der Waals surface area contributed by atoms with Gasteiger partial charge in [-0.1, -0.05) is 0 Å². The first-order valence-electron chi connectivity index (χ1n) is 9.42. The second kappa shape index (κ2) is 9.40. The number of halogens is 4. The van der Waals surface area contributed by atoms with Gasteiger partial charge in [0.1, 0.15) is 23.2 Å². The highest BCUT2D eigenvalue weighted by molar-refractivity contribution is 7.88. The molecule has 2 aromatic rings. The van der Waals surface area contributed by atoms with E-state index in [0.717, 1.165) is 24.8 Å². The molecular weight excluding hydrogens is 512 g/mol. The summed E-state index contributed by atoms with van der Waals surface area (Å²) in [5, 5.41) is 2.71. The minimum Gasteiger partial charge on any atom is -0.367 e. The molecule has 33 heavy (non-hydrogen) atoms. The van der Waals surface area contributed by atoms with E-state index < -0.39 is 54.9 Å². The average molecular weight is 533 g/mol. The van der Waals surface area contributed by atoms with Crippen molar-refractivity contribution < 1.29 is 38.6 Å². The van der Waals surface area contributed by atoms with Gasteiger partial charge in [-0.05, 0) is 18.9 Å². The molecule has 3 heterocycles. The van der Waals surface area contributed by atoms with Crippen molar-refractivity contribution in [1.29, 1.82) is 0 Å². The standard InChI is InChI=1S/C17H20F4N4O5S3/c1-32(26,27)25-5-3-10(4-6-25)23-13-7-11(12(18)8-22-13)15-16(17(19,20)21)24-14(31-15)9-30-33(2,28)29/h7-8,10H,3-6,9H2,1-2H3,(H,22,23). The molecule has 0 unspecified atom stereocenters. The molecule has 0 atom stereocenters. The van der Waals surface area contributed by atoms with Gasteiger partial charge in [0.2, 0.25) is 10.0 Å². The average Bonchev–Trinajstić information content (AvgIpc) is 3.12. The van der Waals surface area contributed by atoms with Gasteiger partial charge in [0.25, 0.3) is 10.1 Å². The molecule has 0 aliphatic carbocycles. The van der Waals surface area contributed by atoms with Gasteiger partial charge in [-0.2, -0.15) is 21.6 Å². The molecule has 9 nitrogen and oxygen atoms in total. The SMILES string of the molecule is CS(=O)(=O)OCc1nc(C(F)(F)F)c(-c2cc(NC3CCN(S(C)(=O)=O)CC3)ncc2F)s1. The number of hydrogen-bond donors (Lipinski definition) is 1. The van der Waals surface area contributed by atoms with Crippen molar-refractivity contribution in [2.75, 3.05) is 30.9 Å².